The van der Waals surface area contributed by atoms with E-state index in [9.17, 15) is 17.6 Å². The Morgan fingerprint density at radius 1 is 1.28 bits per heavy atom. The molecule has 1 aromatic heterocycles. The summed E-state index contributed by atoms with van der Waals surface area (Å²) >= 11 is 0. The normalized spacial score (nSPS) is 12.3. The number of aryl methyl sites for hydroxylation is 1. The van der Waals surface area contributed by atoms with Crippen LogP contribution in [0.1, 0.15) is 22.8 Å². The highest BCUT2D eigenvalue weighted by Gasteiger charge is 2.33. The summed E-state index contributed by atoms with van der Waals surface area (Å²) in [5.41, 5.74) is -1.10. The Balaban J connectivity index is 1.92. The molecule has 2 aromatic rings. The van der Waals surface area contributed by atoms with Crippen molar-refractivity contribution in [1.29, 1.82) is 0 Å². The SMILES string of the molecule is CN=C(NCCc1nc(C)no1)NCc1ccc(F)cc1C(F)(F)F. The molecule has 0 saturated heterocycles. The minimum atomic E-state index is -4.63. The molecule has 0 amide bonds. The maximum absolute atomic E-state index is 13.1. The summed E-state index contributed by atoms with van der Waals surface area (Å²) in [4.78, 5) is 7.96. The fraction of sp³-hybridized carbons (Fsp3) is 0.400. The van der Waals surface area contributed by atoms with Crippen LogP contribution in [0.2, 0.25) is 0 Å². The van der Waals surface area contributed by atoms with Gasteiger partial charge in [0.2, 0.25) is 5.89 Å². The Hall–Kier alpha value is -2.65. The summed E-state index contributed by atoms with van der Waals surface area (Å²) in [5.74, 6) is 0.328. The van der Waals surface area contributed by atoms with Crippen molar-refractivity contribution in [2.45, 2.75) is 26.1 Å². The number of guanidine groups is 1. The molecule has 25 heavy (non-hydrogen) atoms. The van der Waals surface area contributed by atoms with Crippen LogP contribution in [0.3, 0.4) is 0 Å². The first-order valence-corrected chi connectivity index (χ1v) is 7.39. The molecule has 0 unspecified atom stereocenters. The second-order valence-corrected chi connectivity index (χ2v) is 5.14. The summed E-state index contributed by atoms with van der Waals surface area (Å²) in [6.07, 6.45) is -4.20. The van der Waals surface area contributed by atoms with E-state index in [-0.39, 0.29) is 12.1 Å². The molecule has 0 atom stereocenters. The first-order chi connectivity index (χ1) is 11.8. The number of benzene rings is 1. The van der Waals surface area contributed by atoms with Gasteiger partial charge in [-0.15, -0.1) is 0 Å². The van der Waals surface area contributed by atoms with E-state index in [1.165, 1.54) is 7.05 Å². The topological polar surface area (TPSA) is 75.3 Å². The van der Waals surface area contributed by atoms with Crippen molar-refractivity contribution in [1.82, 2.24) is 20.8 Å². The van der Waals surface area contributed by atoms with E-state index in [4.69, 9.17) is 4.52 Å². The largest absolute Gasteiger partial charge is 0.416 e. The van der Waals surface area contributed by atoms with Crippen molar-refractivity contribution in [3.05, 3.63) is 46.9 Å². The van der Waals surface area contributed by atoms with E-state index in [0.29, 0.717) is 36.7 Å². The Morgan fingerprint density at radius 2 is 2.04 bits per heavy atom. The fourth-order valence-corrected chi connectivity index (χ4v) is 2.10. The molecule has 1 heterocycles. The lowest BCUT2D eigenvalue weighted by Crippen LogP contribution is -2.38. The van der Waals surface area contributed by atoms with Gasteiger partial charge < -0.3 is 15.2 Å². The molecule has 6 nitrogen and oxygen atoms in total. The average molecular weight is 359 g/mol. The van der Waals surface area contributed by atoms with Gasteiger partial charge in [-0.1, -0.05) is 11.2 Å². The van der Waals surface area contributed by atoms with Crippen molar-refractivity contribution in [2.75, 3.05) is 13.6 Å². The number of hydrogen-bond acceptors (Lipinski definition) is 4. The number of aliphatic imine (C=N–C) groups is 1. The number of nitrogens with zero attached hydrogens (tertiary/aromatic N) is 3. The van der Waals surface area contributed by atoms with Crippen molar-refractivity contribution in [2.24, 2.45) is 4.99 Å². The van der Waals surface area contributed by atoms with Crippen LogP contribution in [0.5, 0.6) is 0 Å². The van der Waals surface area contributed by atoms with Crippen LogP contribution < -0.4 is 10.6 Å². The van der Waals surface area contributed by atoms with Gasteiger partial charge in [-0.2, -0.15) is 18.2 Å². The van der Waals surface area contributed by atoms with Crippen molar-refractivity contribution < 1.29 is 22.1 Å². The van der Waals surface area contributed by atoms with E-state index < -0.39 is 17.6 Å². The van der Waals surface area contributed by atoms with Gasteiger partial charge in [-0.05, 0) is 24.6 Å². The molecule has 0 aliphatic rings. The molecule has 0 aliphatic carbocycles. The molecule has 0 aliphatic heterocycles. The minimum absolute atomic E-state index is 0.0793. The zero-order chi connectivity index (χ0) is 18.4. The Morgan fingerprint density at radius 3 is 2.64 bits per heavy atom. The van der Waals surface area contributed by atoms with Crippen LogP contribution in [-0.2, 0) is 19.1 Å². The summed E-state index contributed by atoms with van der Waals surface area (Å²) in [6.45, 7) is 1.94. The van der Waals surface area contributed by atoms with Crippen molar-refractivity contribution in [3.63, 3.8) is 0 Å². The number of alkyl halides is 3. The number of nitrogens with one attached hydrogen (secondary N) is 2. The second kappa shape index (κ2) is 7.95. The molecule has 0 radical (unpaired) electrons. The molecule has 0 bridgehead atoms. The van der Waals surface area contributed by atoms with Crippen molar-refractivity contribution in [3.8, 4) is 0 Å². The quantitative estimate of drug-likeness (QED) is 0.487. The molecule has 10 heteroatoms. The summed E-state index contributed by atoms with van der Waals surface area (Å²) in [6, 6.07) is 2.56. The maximum Gasteiger partial charge on any atom is 0.416 e. The predicted molar refractivity (Wildman–Crippen MR) is 82.3 cm³/mol. The Labute approximate surface area is 141 Å². The van der Waals surface area contributed by atoms with Gasteiger partial charge in [0, 0.05) is 26.6 Å². The van der Waals surface area contributed by atoms with Crippen LogP contribution >= 0.6 is 0 Å². The molecule has 1 aromatic carbocycles. The zero-order valence-electron chi connectivity index (χ0n) is 13.6. The van der Waals surface area contributed by atoms with E-state index in [1.807, 2.05) is 0 Å². The highest BCUT2D eigenvalue weighted by molar-refractivity contribution is 5.79. The van der Waals surface area contributed by atoms with Crippen LogP contribution in [0.15, 0.2) is 27.7 Å². The average Bonchev–Trinajstić information content (AvgIpc) is 2.96. The standard InChI is InChI=1S/C15H17F4N5O/c1-9-23-13(25-24-9)5-6-21-14(20-2)22-8-10-3-4-11(16)7-12(10)15(17,18)19/h3-4,7H,5-6,8H2,1-2H3,(H2,20,21,22). The minimum Gasteiger partial charge on any atom is -0.356 e. The van der Waals surface area contributed by atoms with Gasteiger partial charge in [0.25, 0.3) is 0 Å². The smallest absolute Gasteiger partial charge is 0.356 e. The third kappa shape index (κ3) is 5.44. The highest BCUT2D eigenvalue weighted by atomic mass is 19.4. The number of halogens is 4. The van der Waals surface area contributed by atoms with Gasteiger partial charge in [0.15, 0.2) is 11.8 Å². The zero-order valence-corrected chi connectivity index (χ0v) is 13.6. The predicted octanol–water partition coefficient (Wildman–Crippen LogP) is 2.44. The van der Waals surface area contributed by atoms with Crippen molar-refractivity contribution >= 4 is 5.96 Å². The monoisotopic (exact) mass is 359 g/mol. The highest BCUT2D eigenvalue weighted by Crippen LogP contribution is 2.32. The van der Waals surface area contributed by atoms with Crippen LogP contribution in [0.4, 0.5) is 17.6 Å². The summed E-state index contributed by atoms with van der Waals surface area (Å²) in [5, 5.41) is 9.34. The number of hydrogen-bond donors (Lipinski definition) is 2. The molecular formula is C15H17F4N5O. The Kier molecular flexibility index (Phi) is 5.94. The van der Waals surface area contributed by atoms with Gasteiger partial charge >= 0.3 is 6.18 Å². The maximum atomic E-state index is 13.1. The lowest BCUT2D eigenvalue weighted by Gasteiger charge is -2.15. The second-order valence-electron chi connectivity index (χ2n) is 5.14. The third-order valence-corrected chi connectivity index (χ3v) is 3.25. The lowest BCUT2D eigenvalue weighted by molar-refractivity contribution is -0.138. The lowest BCUT2D eigenvalue weighted by atomic mass is 10.1. The molecule has 136 valence electrons. The van der Waals surface area contributed by atoms with E-state index >= 15 is 0 Å². The third-order valence-electron chi connectivity index (χ3n) is 3.25. The summed E-state index contributed by atoms with van der Waals surface area (Å²) in [7, 11) is 1.49. The van der Waals surface area contributed by atoms with Gasteiger partial charge in [-0.3, -0.25) is 4.99 Å². The van der Waals surface area contributed by atoms with Gasteiger partial charge in [0.05, 0.1) is 5.56 Å². The summed E-state index contributed by atoms with van der Waals surface area (Å²) < 4.78 is 56.9. The number of aromatic nitrogens is 2. The molecule has 2 N–H and O–H groups in total. The van der Waals surface area contributed by atoms with Gasteiger partial charge in [0.1, 0.15) is 5.82 Å². The van der Waals surface area contributed by atoms with Gasteiger partial charge in [-0.25, -0.2) is 4.39 Å². The van der Waals surface area contributed by atoms with E-state index in [2.05, 4.69) is 25.8 Å². The first kappa shape index (κ1) is 18.7. The molecule has 0 spiro atoms. The molecule has 0 saturated carbocycles. The molecule has 2 rings (SSSR count). The van der Waals surface area contributed by atoms with E-state index in [0.717, 1.165) is 12.1 Å². The number of rotatable bonds is 5. The fourth-order valence-electron chi connectivity index (χ4n) is 2.10. The molecular weight excluding hydrogens is 342 g/mol. The Bertz CT molecular complexity index is 742. The van der Waals surface area contributed by atoms with Crippen LogP contribution in [0, 0.1) is 12.7 Å². The van der Waals surface area contributed by atoms with Crippen LogP contribution in [0.25, 0.3) is 0 Å². The molecule has 0 fully saturated rings. The van der Waals surface area contributed by atoms with E-state index in [1.54, 1.807) is 6.92 Å². The van der Waals surface area contributed by atoms with Crippen LogP contribution in [-0.4, -0.2) is 29.7 Å². The first-order valence-electron chi connectivity index (χ1n) is 7.39.